The lowest BCUT2D eigenvalue weighted by Crippen LogP contribution is -2.02. The molecule has 106 valence electrons. The van der Waals surface area contributed by atoms with Gasteiger partial charge in [0.15, 0.2) is 5.82 Å². The van der Waals surface area contributed by atoms with Crippen molar-refractivity contribution in [1.29, 1.82) is 0 Å². The van der Waals surface area contributed by atoms with Crippen LogP contribution in [0.5, 0.6) is 0 Å². The number of rotatable bonds is 2. The van der Waals surface area contributed by atoms with Gasteiger partial charge in [-0.3, -0.25) is 0 Å². The molecule has 0 atom stereocenters. The minimum atomic E-state index is 0.427. The SMILES string of the molecule is Nc1ccc(Cl)cc1-c1nnnn1-c1ccc(Cl)cc1Cl. The van der Waals surface area contributed by atoms with Gasteiger partial charge >= 0.3 is 0 Å². The van der Waals surface area contributed by atoms with Crippen LogP contribution < -0.4 is 5.73 Å². The highest BCUT2D eigenvalue weighted by Crippen LogP contribution is 2.31. The number of hydrogen-bond donors (Lipinski definition) is 1. The molecule has 0 amide bonds. The van der Waals surface area contributed by atoms with E-state index in [1.807, 2.05) is 0 Å². The van der Waals surface area contributed by atoms with Crippen molar-refractivity contribution in [3.63, 3.8) is 0 Å². The van der Waals surface area contributed by atoms with E-state index in [9.17, 15) is 0 Å². The highest BCUT2D eigenvalue weighted by Gasteiger charge is 2.16. The summed E-state index contributed by atoms with van der Waals surface area (Å²) in [5, 5.41) is 13.1. The molecular weight excluding hydrogens is 333 g/mol. The summed E-state index contributed by atoms with van der Waals surface area (Å²) in [5.74, 6) is 0.444. The van der Waals surface area contributed by atoms with Gasteiger partial charge in [-0.25, -0.2) is 0 Å². The predicted molar refractivity (Wildman–Crippen MR) is 84.0 cm³/mol. The summed E-state index contributed by atoms with van der Waals surface area (Å²) < 4.78 is 1.49. The molecule has 0 aliphatic carbocycles. The molecule has 0 aliphatic heterocycles. The largest absolute Gasteiger partial charge is 0.398 e. The number of nitrogen functional groups attached to an aromatic ring is 1. The highest BCUT2D eigenvalue weighted by molar-refractivity contribution is 6.35. The summed E-state index contributed by atoms with van der Waals surface area (Å²) in [6, 6.07) is 10.1. The van der Waals surface area contributed by atoms with Crippen molar-refractivity contribution in [3.05, 3.63) is 51.5 Å². The van der Waals surface area contributed by atoms with Crippen molar-refractivity contribution in [3.8, 4) is 17.1 Å². The van der Waals surface area contributed by atoms with Crippen molar-refractivity contribution < 1.29 is 0 Å². The van der Waals surface area contributed by atoms with Crippen molar-refractivity contribution in [2.24, 2.45) is 0 Å². The van der Waals surface area contributed by atoms with E-state index >= 15 is 0 Å². The number of tetrazole rings is 1. The maximum absolute atomic E-state index is 6.19. The second kappa shape index (κ2) is 5.52. The molecule has 1 heterocycles. The van der Waals surface area contributed by atoms with Crippen LogP contribution in [0.3, 0.4) is 0 Å². The topological polar surface area (TPSA) is 69.6 Å². The van der Waals surface area contributed by atoms with Gasteiger partial charge in [0.25, 0.3) is 0 Å². The van der Waals surface area contributed by atoms with Crippen molar-refractivity contribution in [2.75, 3.05) is 5.73 Å². The maximum atomic E-state index is 6.19. The fourth-order valence-corrected chi connectivity index (χ4v) is 2.55. The van der Waals surface area contributed by atoms with Crippen molar-refractivity contribution in [1.82, 2.24) is 20.2 Å². The Hall–Kier alpha value is -1.82. The Morgan fingerprint density at radius 3 is 2.43 bits per heavy atom. The first-order valence-corrected chi connectivity index (χ1v) is 6.99. The lowest BCUT2D eigenvalue weighted by atomic mass is 10.1. The van der Waals surface area contributed by atoms with E-state index in [0.717, 1.165) is 0 Å². The van der Waals surface area contributed by atoms with Crippen LogP contribution in [-0.2, 0) is 0 Å². The Kier molecular flexibility index (Phi) is 3.71. The predicted octanol–water partition coefficient (Wildman–Crippen LogP) is 3.87. The molecule has 0 unspecified atom stereocenters. The molecule has 5 nitrogen and oxygen atoms in total. The van der Waals surface area contributed by atoms with Crippen LogP contribution in [-0.4, -0.2) is 20.2 Å². The number of aromatic nitrogens is 4. The summed E-state index contributed by atoms with van der Waals surface area (Å²) in [4.78, 5) is 0. The van der Waals surface area contributed by atoms with Gasteiger partial charge in [0.2, 0.25) is 0 Å². The first-order valence-electron chi connectivity index (χ1n) is 5.85. The summed E-state index contributed by atoms with van der Waals surface area (Å²) in [5.41, 5.74) is 7.70. The lowest BCUT2D eigenvalue weighted by molar-refractivity contribution is 0.791. The van der Waals surface area contributed by atoms with E-state index in [-0.39, 0.29) is 0 Å². The standard InChI is InChI=1S/C13H8Cl3N5/c14-7-1-3-11(17)9(5-7)13-18-19-20-21(13)12-4-2-8(15)6-10(12)16/h1-6H,17H2. The van der Waals surface area contributed by atoms with Crippen LogP contribution >= 0.6 is 34.8 Å². The number of nitrogens with zero attached hydrogens (tertiary/aromatic N) is 4. The second-order valence-electron chi connectivity index (χ2n) is 4.24. The van der Waals surface area contributed by atoms with Crippen LogP contribution in [0.25, 0.3) is 17.1 Å². The molecule has 2 aromatic carbocycles. The molecule has 0 aliphatic rings. The highest BCUT2D eigenvalue weighted by atomic mass is 35.5. The van der Waals surface area contributed by atoms with Crippen LogP contribution in [0.1, 0.15) is 0 Å². The van der Waals surface area contributed by atoms with E-state index < -0.39 is 0 Å². The van der Waals surface area contributed by atoms with Gasteiger partial charge in [0, 0.05) is 21.3 Å². The third-order valence-electron chi connectivity index (χ3n) is 2.86. The molecule has 0 radical (unpaired) electrons. The summed E-state index contributed by atoms with van der Waals surface area (Å²) in [6.07, 6.45) is 0. The Labute approximate surface area is 135 Å². The zero-order valence-corrected chi connectivity index (χ0v) is 12.7. The van der Waals surface area contributed by atoms with E-state index in [2.05, 4.69) is 15.5 Å². The lowest BCUT2D eigenvalue weighted by Gasteiger charge is -2.09. The first kappa shape index (κ1) is 14.1. The number of nitrogens with two attached hydrogens (primary N) is 1. The Morgan fingerprint density at radius 1 is 0.952 bits per heavy atom. The van der Waals surface area contributed by atoms with Crippen LogP contribution in [0, 0.1) is 0 Å². The van der Waals surface area contributed by atoms with Gasteiger partial charge in [-0.2, -0.15) is 4.68 Å². The summed E-state index contributed by atoms with van der Waals surface area (Å²) in [6.45, 7) is 0. The molecule has 0 spiro atoms. The Morgan fingerprint density at radius 2 is 1.67 bits per heavy atom. The molecule has 0 saturated heterocycles. The van der Waals surface area contributed by atoms with Gasteiger partial charge < -0.3 is 5.73 Å². The van der Waals surface area contributed by atoms with Gasteiger partial charge in [-0.15, -0.1) is 5.10 Å². The van der Waals surface area contributed by atoms with Gasteiger partial charge in [0.05, 0.1) is 10.7 Å². The van der Waals surface area contributed by atoms with Crippen LogP contribution in [0.15, 0.2) is 36.4 Å². The fourth-order valence-electron chi connectivity index (χ4n) is 1.89. The molecule has 1 aromatic heterocycles. The van der Waals surface area contributed by atoms with Gasteiger partial charge in [-0.1, -0.05) is 34.8 Å². The van der Waals surface area contributed by atoms with Crippen LogP contribution in [0.4, 0.5) is 5.69 Å². The summed E-state index contributed by atoms with van der Waals surface area (Å²) >= 11 is 18.1. The minimum Gasteiger partial charge on any atom is -0.398 e. The quantitative estimate of drug-likeness (QED) is 0.719. The number of benzene rings is 2. The van der Waals surface area contributed by atoms with E-state index in [4.69, 9.17) is 40.5 Å². The average molecular weight is 341 g/mol. The molecule has 2 N–H and O–H groups in total. The second-order valence-corrected chi connectivity index (χ2v) is 5.52. The number of halogens is 3. The van der Waals surface area contributed by atoms with E-state index in [1.165, 1.54) is 4.68 Å². The average Bonchev–Trinajstić information content (AvgIpc) is 2.90. The van der Waals surface area contributed by atoms with E-state index in [0.29, 0.717) is 37.8 Å². The normalized spacial score (nSPS) is 10.8. The monoisotopic (exact) mass is 339 g/mol. The maximum Gasteiger partial charge on any atom is 0.189 e. The smallest absolute Gasteiger partial charge is 0.189 e. The molecule has 3 aromatic rings. The molecular formula is C13H8Cl3N5. The molecule has 8 heteroatoms. The number of anilines is 1. The Balaban J connectivity index is 2.19. The zero-order valence-electron chi connectivity index (χ0n) is 10.5. The molecule has 21 heavy (non-hydrogen) atoms. The third kappa shape index (κ3) is 2.68. The number of hydrogen-bond acceptors (Lipinski definition) is 4. The molecule has 3 rings (SSSR count). The molecule has 0 fully saturated rings. The minimum absolute atomic E-state index is 0.427. The first-order chi connectivity index (χ1) is 10.1. The zero-order chi connectivity index (χ0) is 15.0. The van der Waals surface area contributed by atoms with Crippen LogP contribution in [0.2, 0.25) is 15.1 Å². The molecule has 0 saturated carbocycles. The fraction of sp³-hybridized carbons (Fsp3) is 0. The third-order valence-corrected chi connectivity index (χ3v) is 3.64. The van der Waals surface area contributed by atoms with E-state index in [1.54, 1.807) is 36.4 Å². The van der Waals surface area contributed by atoms with Crippen molar-refractivity contribution >= 4 is 40.5 Å². The van der Waals surface area contributed by atoms with Gasteiger partial charge in [-0.05, 0) is 46.8 Å². The van der Waals surface area contributed by atoms with Gasteiger partial charge in [0.1, 0.15) is 0 Å². The van der Waals surface area contributed by atoms with Crippen molar-refractivity contribution in [2.45, 2.75) is 0 Å². The molecule has 0 bridgehead atoms. The summed E-state index contributed by atoms with van der Waals surface area (Å²) in [7, 11) is 0. The Bertz CT molecular complexity index is 815.